The van der Waals surface area contributed by atoms with Gasteiger partial charge >= 0.3 is 0 Å². The predicted octanol–water partition coefficient (Wildman–Crippen LogP) is 10.6. The third kappa shape index (κ3) is 3.33. The lowest BCUT2D eigenvalue weighted by Gasteiger charge is -2.12. The summed E-state index contributed by atoms with van der Waals surface area (Å²) in [5, 5.41) is 4.19. The molecule has 3 heterocycles. The zero-order valence-electron chi connectivity index (χ0n) is 31.8. The third-order valence-electron chi connectivity index (χ3n) is 8.20. The van der Waals surface area contributed by atoms with Gasteiger partial charge in [0.15, 0.2) is 0 Å². The van der Waals surface area contributed by atoms with Crippen LogP contribution in [0, 0.1) is 0 Å². The van der Waals surface area contributed by atoms with Crippen LogP contribution in [0.4, 0.5) is 0 Å². The van der Waals surface area contributed by atoms with E-state index in [9.17, 15) is 4.11 Å². The average molecular weight is 571 g/mol. The molecule has 10 aromatic rings. The summed E-state index contributed by atoms with van der Waals surface area (Å²) in [6, 6.07) is 23.7. The Morgan fingerprint density at radius 2 is 1.27 bits per heavy atom. The van der Waals surface area contributed by atoms with E-state index in [1.165, 1.54) is 0 Å². The van der Waals surface area contributed by atoms with Gasteiger partial charge in [0, 0.05) is 32.5 Å². The van der Waals surface area contributed by atoms with Crippen molar-refractivity contribution in [3.8, 4) is 17.2 Å². The highest BCUT2D eigenvalue weighted by atomic mass is 16.3. The summed E-state index contributed by atoms with van der Waals surface area (Å²) >= 11 is 0. The monoisotopic (exact) mass is 570 g/mol. The number of rotatable bonds is 2. The molecule has 7 aromatic carbocycles. The molecule has 3 aromatic heterocycles. The largest absolute Gasteiger partial charge is 0.456 e. The lowest BCUT2D eigenvalue weighted by Crippen LogP contribution is -2.03. The molecule has 0 amide bonds. The van der Waals surface area contributed by atoms with E-state index < -0.39 is 36.3 Å². The highest BCUT2D eigenvalue weighted by molar-refractivity contribution is 6.14. The van der Waals surface area contributed by atoms with Gasteiger partial charge < -0.3 is 4.42 Å². The fourth-order valence-electron chi connectivity index (χ4n) is 6.20. The second-order valence-electron chi connectivity index (χ2n) is 10.7. The highest BCUT2D eigenvalue weighted by Crippen LogP contribution is 2.38. The Bertz CT molecular complexity index is 3300. The Morgan fingerprint density at radius 1 is 0.545 bits per heavy atom. The number of aromatic nitrogens is 3. The van der Waals surface area contributed by atoms with E-state index in [1.54, 1.807) is 12.1 Å². The van der Waals surface area contributed by atoms with Crippen LogP contribution in [0.5, 0.6) is 0 Å². The number of hydrogen-bond acceptors (Lipinski definition) is 3. The molecular weight excluding hydrogens is 538 g/mol. The third-order valence-corrected chi connectivity index (χ3v) is 8.20. The number of fused-ring (bicyclic) bond motifs is 9. The summed E-state index contributed by atoms with van der Waals surface area (Å²) in [5.74, 6) is 0.291. The van der Waals surface area contributed by atoms with E-state index in [1.807, 2.05) is 59.2 Å². The van der Waals surface area contributed by atoms with Crippen molar-refractivity contribution in [1.82, 2.24) is 14.5 Å². The van der Waals surface area contributed by atoms with Crippen molar-refractivity contribution in [2.75, 3.05) is 0 Å². The standard InChI is InChI=1S/C40H23N3O/c1-3-11-26-22-36-31(19-24(26)9-1)29-13-6-8-16-35(29)43(36)40-41-34-15-7-5-14-30(34)39(42-40)28-17-18-37-32(21-28)33-20-25-10-2-4-12-27(25)23-38(33)44-37/h1-23H/i2D,4D,10D,12D,17D,18D,20D,21D,23D. The van der Waals surface area contributed by atoms with Gasteiger partial charge in [-0.15, -0.1) is 0 Å². The SMILES string of the molecule is [2H]c1c(-c2nc(-n3c4ccccc4c4cc5ccccc5cc43)nc3ccccc23)c([2H])c2c(oc3c([2H])c4c([2H])c([2H])c([2H])c([2H])c4c([2H])c32)c1[2H]. The topological polar surface area (TPSA) is 43.9 Å². The predicted molar refractivity (Wildman–Crippen MR) is 182 cm³/mol. The second kappa shape index (κ2) is 8.76. The summed E-state index contributed by atoms with van der Waals surface area (Å²) < 4.78 is 87.5. The van der Waals surface area contributed by atoms with Crippen LogP contribution in [0.2, 0.25) is 0 Å². The average Bonchev–Trinajstić information content (AvgIpc) is 3.73. The number of hydrogen-bond donors (Lipinski definition) is 0. The van der Waals surface area contributed by atoms with Gasteiger partial charge in [-0.2, -0.15) is 0 Å². The first-order chi connectivity index (χ1) is 25.6. The maximum atomic E-state index is 9.61. The smallest absolute Gasteiger partial charge is 0.235 e. The Morgan fingerprint density at radius 3 is 2.16 bits per heavy atom. The minimum atomic E-state index is -0.554. The lowest BCUT2D eigenvalue weighted by atomic mass is 10.0. The van der Waals surface area contributed by atoms with Crippen molar-refractivity contribution in [3.05, 3.63) is 139 Å². The Kier molecular flexibility index (Phi) is 3.30. The zero-order valence-corrected chi connectivity index (χ0v) is 22.8. The van der Waals surface area contributed by atoms with E-state index in [4.69, 9.17) is 22.6 Å². The Hall–Kier alpha value is -6.00. The maximum Gasteiger partial charge on any atom is 0.235 e. The van der Waals surface area contributed by atoms with Gasteiger partial charge in [-0.1, -0.05) is 84.8 Å². The van der Waals surface area contributed by atoms with Crippen molar-refractivity contribution in [1.29, 1.82) is 0 Å². The number of nitrogens with zero attached hydrogens (tertiary/aromatic N) is 3. The molecule has 0 saturated carbocycles. The molecule has 0 aliphatic rings. The van der Waals surface area contributed by atoms with Crippen molar-refractivity contribution in [2.45, 2.75) is 0 Å². The highest BCUT2D eigenvalue weighted by Gasteiger charge is 2.18. The molecule has 0 aliphatic carbocycles. The molecule has 0 saturated heterocycles. The molecule has 44 heavy (non-hydrogen) atoms. The van der Waals surface area contributed by atoms with Gasteiger partial charge in [-0.05, 0) is 76.0 Å². The van der Waals surface area contributed by atoms with E-state index in [0.29, 0.717) is 16.9 Å². The fraction of sp³-hybridized carbons (Fsp3) is 0. The van der Waals surface area contributed by atoms with Gasteiger partial charge in [0.05, 0.1) is 34.6 Å². The van der Waals surface area contributed by atoms with E-state index in [-0.39, 0.29) is 62.1 Å². The molecule has 0 spiro atoms. The summed E-state index contributed by atoms with van der Waals surface area (Å²) in [6.45, 7) is 0. The van der Waals surface area contributed by atoms with Crippen molar-refractivity contribution in [2.24, 2.45) is 0 Å². The van der Waals surface area contributed by atoms with Gasteiger partial charge in [-0.3, -0.25) is 4.57 Å². The first-order valence-electron chi connectivity index (χ1n) is 18.6. The van der Waals surface area contributed by atoms with Gasteiger partial charge in [0.1, 0.15) is 11.2 Å². The molecule has 0 unspecified atom stereocenters. The van der Waals surface area contributed by atoms with E-state index >= 15 is 0 Å². The van der Waals surface area contributed by atoms with Crippen LogP contribution in [-0.2, 0) is 0 Å². The minimum Gasteiger partial charge on any atom is -0.456 e. The van der Waals surface area contributed by atoms with E-state index in [0.717, 1.165) is 32.6 Å². The number of furan rings is 1. The summed E-state index contributed by atoms with van der Waals surface area (Å²) in [5.41, 5.74) is 2.07. The van der Waals surface area contributed by atoms with Gasteiger partial charge in [0.25, 0.3) is 0 Å². The zero-order chi connectivity index (χ0) is 36.6. The van der Waals surface area contributed by atoms with Crippen LogP contribution < -0.4 is 0 Å². The van der Waals surface area contributed by atoms with Crippen molar-refractivity contribution >= 4 is 76.2 Å². The van der Waals surface area contributed by atoms with Crippen LogP contribution in [0.25, 0.3) is 93.4 Å². The van der Waals surface area contributed by atoms with Crippen LogP contribution in [0.15, 0.2) is 144 Å². The van der Waals surface area contributed by atoms with Crippen molar-refractivity contribution in [3.63, 3.8) is 0 Å². The molecule has 4 nitrogen and oxygen atoms in total. The lowest BCUT2D eigenvalue weighted by molar-refractivity contribution is 0.669. The normalized spacial score (nSPS) is 15.0. The van der Waals surface area contributed by atoms with Crippen LogP contribution in [0.1, 0.15) is 12.3 Å². The molecule has 204 valence electrons. The number of benzene rings is 7. The minimum absolute atomic E-state index is 0.00254. The molecule has 0 atom stereocenters. The van der Waals surface area contributed by atoms with Crippen LogP contribution in [0.3, 0.4) is 0 Å². The molecular formula is C40H23N3O. The summed E-state index contributed by atoms with van der Waals surface area (Å²) in [4.78, 5) is 10.1. The Labute approximate surface area is 264 Å². The summed E-state index contributed by atoms with van der Waals surface area (Å²) in [7, 11) is 0. The molecule has 0 bridgehead atoms. The quantitative estimate of drug-likeness (QED) is 0.208. The summed E-state index contributed by atoms with van der Waals surface area (Å²) in [6.07, 6.45) is 0. The van der Waals surface area contributed by atoms with Gasteiger partial charge in [0.2, 0.25) is 5.95 Å². The molecule has 0 radical (unpaired) electrons. The number of para-hydroxylation sites is 2. The molecule has 0 aliphatic heterocycles. The van der Waals surface area contributed by atoms with E-state index in [2.05, 4.69) is 18.2 Å². The second-order valence-corrected chi connectivity index (χ2v) is 10.7. The maximum absolute atomic E-state index is 9.61. The molecule has 4 heteroatoms. The Balaban J connectivity index is 1.34. The van der Waals surface area contributed by atoms with Crippen LogP contribution >= 0.6 is 0 Å². The first kappa shape index (κ1) is 16.6. The molecule has 0 fully saturated rings. The van der Waals surface area contributed by atoms with Crippen LogP contribution in [-0.4, -0.2) is 14.5 Å². The van der Waals surface area contributed by atoms with Crippen molar-refractivity contribution < 1.29 is 16.8 Å². The molecule has 0 N–H and O–H groups in total. The fourth-order valence-corrected chi connectivity index (χ4v) is 6.20. The van der Waals surface area contributed by atoms with Gasteiger partial charge in [-0.25, -0.2) is 9.97 Å². The first-order valence-corrected chi connectivity index (χ1v) is 14.1. The molecule has 10 rings (SSSR count).